The van der Waals surface area contributed by atoms with Crippen LogP contribution in [-0.4, -0.2) is 54.2 Å². The van der Waals surface area contributed by atoms with E-state index in [9.17, 15) is 4.79 Å². The van der Waals surface area contributed by atoms with Crippen LogP contribution in [0, 0.1) is 0 Å². The number of anilines is 1. The molecule has 7 nitrogen and oxygen atoms in total. The van der Waals surface area contributed by atoms with E-state index in [-0.39, 0.29) is 5.91 Å². The number of hydrogen-bond donors (Lipinski definition) is 0. The molecule has 1 aliphatic heterocycles. The summed E-state index contributed by atoms with van der Waals surface area (Å²) in [5.74, 6) is 2.35. The van der Waals surface area contributed by atoms with Crippen LogP contribution in [0.5, 0.6) is 5.75 Å². The molecule has 1 saturated heterocycles. The number of carbonyl (C=O) groups excluding carboxylic acids is 1. The van der Waals surface area contributed by atoms with Gasteiger partial charge < -0.3 is 19.1 Å². The first-order chi connectivity index (χ1) is 13.2. The number of amides is 1. The monoisotopic (exact) mass is 372 g/mol. The Balaban J connectivity index is 1.53. The molecule has 0 radical (unpaired) electrons. The smallest absolute Gasteiger partial charge is 0.266 e. The molecule has 0 N–H and O–H groups in total. The van der Waals surface area contributed by atoms with Crippen LogP contribution in [0.3, 0.4) is 0 Å². The van der Waals surface area contributed by atoms with Crippen molar-refractivity contribution < 1.29 is 14.1 Å². The number of methoxy groups -OCH3 is 1. The topological polar surface area (TPSA) is 71.7 Å². The average Bonchev–Trinajstić information content (AvgIpc) is 3.01. The van der Waals surface area contributed by atoms with Crippen LogP contribution in [0.4, 0.5) is 5.95 Å². The zero-order chi connectivity index (χ0) is 19.1. The van der Waals surface area contributed by atoms with E-state index in [1.54, 1.807) is 7.11 Å². The first-order valence-electron chi connectivity index (χ1n) is 9.68. The van der Waals surface area contributed by atoms with Crippen LogP contribution in [0.15, 0.2) is 28.8 Å². The Labute approximate surface area is 160 Å². The van der Waals surface area contributed by atoms with E-state index in [1.807, 2.05) is 29.2 Å². The lowest BCUT2D eigenvalue weighted by molar-refractivity contribution is -0.130. The molecular weight excluding hydrogens is 344 g/mol. The molecule has 0 saturated carbocycles. The quantitative estimate of drug-likeness (QED) is 0.744. The molecule has 0 aliphatic carbocycles. The van der Waals surface area contributed by atoms with Gasteiger partial charge in [0.25, 0.3) is 5.95 Å². The second kappa shape index (κ2) is 9.39. The van der Waals surface area contributed by atoms with Crippen LogP contribution in [0.2, 0.25) is 0 Å². The van der Waals surface area contributed by atoms with Crippen LogP contribution >= 0.6 is 0 Å². The Hall–Kier alpha value is -2.57. The van der Waals surface area contributed by atoms with Gasteiger partial charge >= 0.3 is 0 Å². The number of aromatic nitrogens is 2. The molecule has 3 rings (SSSR count). The van der Waals surface area contributed by atoms with Gasteiger partial charge in [-0.1, -0.05) is 25.1 Å². The Kier molecular flexibility index (Phi) is 6.68. The van der Waals surface area contributed by atoms with E-state index < -0.39 is 0 Å². The van der Waals surface area contributed by atoms with Crippen molar-refractivity contribution in [3.8, 4) is 5.75 Å². The van der Waals surface area contributed by atoms with Crippen molar-refractivity contribution in [3.63, 3.8) is 0 Å². The highest BCUT2D eigenvalue weighted by Gasteiger charge is 2.22. The molecule has 2 aromatic rings. The molecule has 0 spiro atoms. The molecule has 1 aromatic carbocycles. The largest absolute Gasteiger partial charge is 0.496 e. The number of benzene rings is 1. The minimum absolute atomic E-state index is 0.183. The number of carbonyl (C=O) groups is 1. The minimum atomic E-state index is 0.183. The molecule has 1 aliphatic rings. The van der Waals surface area contributed by atoms with E-state index in [4.69, 9.17) is 9.26 Å². The van der Waals surface area contributed by atoms with Crippen molar-refractivity contribution in [2.45, 2.75) is 39.0 Å². The number of ether oxygens (including phenoxy) is 1. The number of nitrogens with zero attached hydrogens (tertiary/aromatic N) is 4. The number of aryl methyl sites for hydroxylation is 2. The Morgan fingerprint density at radius 3 is 2.85 bits per heavy atom. The second-order valence-electron chi connectivity index (χ2n) is 6.77. The summed E-state index contributed by atoms with van der Waals surface area (Å²) >= 11 is 0. The molecule has 27 heavy (non-hydrogen) atoms. The molecule has 0 unspecified atom stereocenters. The third-order valence-corrected chi connectivity index (χ3v) is 4.85. The standard InChI is InChI=1S/C20H28N4O3/c1-3-7-18-21-20(22-27-18)24-13-6-12-23(14-15-24)19(25)11-10-16-8-4-5-9-17(16)26-2/h4-5,8-9H,3,6-7,10-15H2,1-2H3. The maximum Gasteiger partial charge on any atom is 0.266 e. The summed E-state index contributed by atoms with van der Waals surface area (Å²) < 4.78 is 10.7. The molecule has 1 fully saturated rings. The maximum atomic E-state index is 12.7. The van der Waals surface area contributed by atoms with Gasteiger partial charge in [0.2, 0.25) is 11.8 Å². The highest BCUT2D eigenvalue weighted by Crippen LogP contribution is 2.20. The predicted octanol–water partition coefficient (Wildman–Crippen LogP) is 2.70. The normalized spacial score (nSPS) is 14.9. The van der Waals surface area contributed by atoms with Gasteiger partial charge in [-0.25, -0.2) is 0 Å². The van der Waals surface area contributed by atoms with Crippen molar-refractivity contribution in [2.24, 2.45) is 0 Å². The molecular formula is C20H28N4O3. The van der Waals surface area contributed by atoms with E-state index in [0.717, 1.165) is 50.2 Å². The number of para-hydroxylation sites is 1. The Morgan fingerprint density at radius 1 is 1.19 bits per heavy atom. The zero-order valence-corrected chi connectivity index (χ0v) is 16.2. The van der Waals surface area contributed by atoms with Crippen molar-refractivity contribution in [2.75, 3.05) is 38.2 Å². The molecule has 146 valence electrons. The second-order valence-corrected chi connectivity index (χ2v) is 6.77. The van der Waals surface area contributed by atoms with Crippen LogP contribution in [0.1, 0.15) is 37.6 Å². The Bertz CT molecular complexity index is 746. The van der Waals surface area contributed by atoms with Crippen molar-refractivity contribution in [3.05, 3.63) is 35.7 Å². The SMILES string of the molecule is CCCc1nc(N2CCCN(C(=O)CCc3ccccc3OC)CC2)no1. The molecule has 0 bridgehead atoms. The minimum Gasteiger partial charge on any atom is -0.496 e. The Morgan fingerprint density at radius 2 is 2.04 bits per heavy atom. The zero-order valence-electron chi connectivity index (χ0n) is 16.2. The van der Waals surface area contributed by atoms with E-state index in [1.165, 1.54) is 0 Å². The van der Waals surface area contributed by atoms with Crippen LogP contribution in [0.25, 0.3) is 0 Å². The fraction of sp³-hybridized carbons (Fsp3) is 0.550. The lowest BCUT2D eigenvalue weighted by atomic mass is 10.1. The summed E-state index contributed by atoms with van der Waals surface area (Å²) in [6, 6.07) is 7.86. The average molecular weight is 372 g/mol. The number of rotatable bonds is 7. The van der Waals surface area contributed by atoms with E-state index >= 15 is 0 Å². The van der Waals surface area contributed by atoms with Gasteiger partial charge in [0, 0.05) is 39.0 Å². The summed E-state index contributed by atoms with van der Waals surface area (Å²) in [6.45, 7) is 5.10. The fourth-order valence-electron chi connectivity index (χ4n) is 3.37. The first kappa shape index (κ1) is 19.2. The maximum absolute atomic E-state index is 12.7. The summed E-state index contributed by atoms with van der Waals surface area (Å²) in [5, 5.41) is 4.09. The van der Waals surface area contributed by atoms with Gasteiger partial charge in [0.05, 0.1) is 7.11 Å². The lowest BCUT2D eigenvalue weighted by Crippen LogP contribution is -2.35. The summed E-state index contributed by atoms with van der Waals surface area (Å²) in [7, 11) is 1.66. The summed E-state index contributed by atoms with van der Waals surface area (Å²) in [4.78, 5) is 21.2. The molecule has 2 heterocycles. The van der Waals surface area contributed by atoms with Gasteiger partial charge in [-0.05, 0) is 36.0 Å². The van der Waals surface area contributed by atoms with Gasteiger partial charge in [0.1, 0.15) is 5.75 Å². The van der Waals surface area contributed by atoms with Gasteiger partial charge in [-0.2, -0.15) is 4.98 Å². The van der Waals surface area contributed by atoms with Crippen LogP contribution in [-0.2, 0) is 17.6 Å². The molecule has 7 heteroatoms. The van der Waals surface area contributed by atoms with Crippen molar-refractivity contribution >= 4 is 11.9 Å². The summed E-state index contributed by atoms with van der Waals surface area (Å²) in [5.41, 5.74) is 1.07. The molecule has 1 aromatic heterocycles. The van der Waals surface area contributed by atoms with Gasteiger partial charge in [0.15, 0.2) is 0 Å². The fourth-order valence-corrected chi connectivity index (χ4v) is 3.37. The highest BCUT2D eigenvalue weighted by molar-refractivity contribution is 5.76. The van der Waals surface area contributed by atoms with Gasteiger partial charge in [-0.15, -0.1) is 0 Å². The number of hydrogen-bond acceptors (Lipinski definition) is 6. The lowest BCUT2D eigenvalue weighted by Gasteiger charge is -2.21. The first-order valence-corrected chi connectivity index (χ1v) is 9.68. The highest BCUT2D eigenvalue weighted by atomic mass is 16.5. The van der Waals surface area contributed by atoms with Crippen molar-refractivity contribution in [1.82, 2.24) is 15.0 Å². The van der Waals surface area contributed by atoms with Crippen LogP contribution < -0.4 is 9.64 Å². The summed E-state index contributed by atoms with van der Waals surface area (Å²) in [6.07, 6.45) is 3.86. The van der Waals surface area contributed by atoms with Gasteiger partial charge in [-0.3, -0.25) is 4.79 Å². The third-order valence-electron chi connectivity index (χ3n) is 4.85. The third kappa shape index (κ3) is 4.99. The van der Waals surface area contributed by atoms with E-state index in [2.05, 4.69) is 22.0 Å². The van der Waals surface area contributed by atoms with E-state index in [0.29, 0.717) is 31.2 Å². The van der Waals surface area contributed by atoms with Crippen molar-refractivity contribution in [1.29, 1.82) is 0 Å². The molecule has 1 amide bonds. The predicted molar refractivity (Wildman–Crippen MR) is 103 cm³/mol. The molecule has 0 atom stereocenters.